The molecule has 0 aromatic rings. The van der Waals surface area contributed by atoms with E-state index in [1.54, 1.807) is 0 Å². The van der Waals surface area contributed by atoms with Crippen molar-refractivity contribution in [2.24, 2.45) is 17.3 Å². The van der Waals surface area contributed by atoms with Crippen LogP contribution in [0, 0.1) is 17.3 Å². The van der Waals surface area contributed by atoms with Gasteiger partial charge in [-0.3, -0.25) is 0 Å². The van der Waals surface area contributed by atoms with E-state index in [4.69, 9.17) is 0 Å². The summed E-state index contributed by atoms with van der Waals surface area (Å²) in [6.07, 6.45) is 5.76. The van der Waals surface area contributed by atoms with Gasteiger partial charge in [-0.25, -0.2) is 0 Å². The molecule has 1 fully saturated rings. The Morgan fingerprint density at radius 2 is 1.91 bits per heavy atom. The molecule has 0 radical (unpaired) electrons. The molecule has 11 heavy (non-hydrogen) atoms. The van der Waals surface area contributed by atoms with Crippen LogP contribution >= 0.6 is 0 Å². The summed E-state index contributed by atoms with van der Waals surface area (Å²) in [5.74, 6) is 1.95. The Labute approximate surface area is 71.4 Å². The van der Waals surface area contributed by atoms with Crippen molar-refractivity contribution < 1.29 is 0 Å². The maximum Gasteiger partial charge on any atom is -0.0326 e. The van der Waals surface area contributed by atoms with Gasteiger partial charge >= 0.3 is 0 Å². The van der Waals surface area contributed by atoms with Crippen LogP contribution in [0.25, 0.3) is 0 Å². The standard InChI is InChI=1S/C11H22/c1-5-10-7-6-9(2)11(3,4)8-10/h9-10H,5-8H2,1-4H3. The lowest BCUT2D eigenvalue weighted by atomic mass is 9.65. The second kappa shape index (κ2) is 3.16. The molecule has 66 valence electrons. The molecule has 0 heterocycles. The van der Waals surface area contributed by atoms with Gasteiger partial charge < -0.3 is 0 Å². The Morgan fingerprint density at radius 1 is 1.27 bits per heavy atom. The van der Waals surface area contributed by atoms with Gasteiger partial charge in [-0.1, -0.05) is 40.5 Å². The van der Waals surface area contributed by atoms with Crippen LogP contribution in [-0.4, -0.2) is 0 Å². The van der Waals surface area contributed by atoms with Crippen molar-refractivity contribution in [2.75, 3.05) is 0 Å². The van der Waals surface area contributed by atoms with E-state index >= 15 is 0 Å². The van der Waals surface area contributed by atoms with Crippen molar-refractivity contribution in [3.05, 3.63) is 0 Å². The summed E-state index contributed by atoms with van der Waals surface area (Å²) in [6.45, 7) is 9.60. The molecular weight excluding hydrogens is 132 g/mol. The third-order valence-corrected chi connectivity index (χ3v) is 3.73. The minimum absolute atomic E-state index is 0.610. The molecule has 0 bridgehead atoms. The lowest BCUT2D eigenvalue weighted by molar-refractivity contribution is 0.106. The Balaban J connectivity index is 2.52. The van der Waals surface area contributed by atoms with Gasteiger partial charge in [-0.05, 0) is 30.1 Å². The van der Waals surface area contributed by atoms with E-state index < -0.39 is 0 Å². The zero-order valence-electron chi connectivity index (χ0n) is 8.48. The van der Waals surface area contributed by atoms with E-state index in [9.17, 15) is 0 Å². The molecule has 1 saturated carbocycles. The van der Waals surface area contributed by atoms with Crippen LogP contribution in [0.1, 0.15) is 53.4 Å². The lowest BCUT2D eigenvalue weighted by Gasteiger charge is -2.40. The summed E-state index contributed by atoms with van der Waals surface area (Å²) in [4.78, 5) is 0. The minimum atomic E-state index is 0.610. The van der Waals surface area contributed by atoms with Crippen molar-refractivity contribution in [2.45, 2.75) is 53.4 Å². The summed E-state index contributed by atoms with van der Waals surface area (Å²) in [5.41, 5.74) is 0.610. The molecule has 0 aromatic carbocycles. The molecule has 1 aliphatic rings. The summed E-state index contributed by atoms with van der Waals surface area (Å²) in [6, 6.07) is 0. The predicted molar refractivity (Wildman–Crippen MR) is 50.6 cm³/mol. The van der Waals surface area contributed by atoms with Crippen LogP contribution in [0.3, 0.4) is 0 Å². The first kappa shape index (κ1) is 9.09. The third-order valence-electron chi connectivity index (χ3n) is 3.73. The number of hydrogen-bond acceptors (Lipinski definition) is 0. The molecule has 0 N–H and O–H groups in total. The van der Waals surface area contributed by atoms with E-state index in [1.165, 1.54) is 25.7 Å². The first-order valence-electron chi connectivity index (χ1n) is 5.06. The van der Waals surface area contributed by atoms with Crippen LogP contribution in [0.2, 0.25) is 0 Å². The highest BCUT2D eigenvalue weighted by atomic mass is 14.4. The van der Waals surface area contributed by atoms with Crippen LogP contribution < -0.4 is 0 Å². The van der Waals surface area contributed by atoms with E-state index in [2.05, 4.69) is 27.7 Å². The van der Waals surface area contributed by atoms with Gasteiger partial charge in [0.1, 0.15) is 0 Å². The van der Waals surface area contributed by atoms with E-state index in [1.807, 2.05) is 0 Å². The zero-order chi connectivity index (χ0) is 8.48. The van der Waals surface area contributed by atoms with Gasteiger partial charge in [0.15, 0.2) is 0 Å². The van der Waals surface area contributed by atoms with Crippen molar-refractivity contribution in [1.29, 1.82) is 0 Å². The highest BCUT2D eigenvalue weighted by Gasteiger charge is 2.32. The van der Waals surface area contributed by atoms with E-state index in [0.717, 1.165) is 11.8 Å². The molecule has 0 nitrogen and oxygen atoms in total. The largest absolute Gasteiger partial charge is 0.0651 e. The maximum atomic E-state index is 2.43. The van der Waals surface area contributed by atoms with Crippen LogP contribution in [0.15, 0.2) is 0 Å². The average Bonchev–Trinajstić information content (AvgIpc) is 1.95. The molecule has 2 unspecified atom stereocenters. The van der Waals surface area contributed by atoms with Crippen molar-refractivity contribution >= 4 is 0 Å². The predicted octanol–water partition coefficient (Wildman–Crippen LogP) is 3.86. The summed E-state index contributed by atoms with van der Waals surface area (Å²) in [5, 5.41) is 0. The minimum Gasteiger partial charge on any atom is -0.0651 e. The monoisotopic (exact) mass is 154 g/mol. The van der Waals surface area contributed by atoms with Crippen LogP contribution in [-0.2, 0) is 0 Å². The summed E-state index contributed by atoms with van der Waals surface area (Å²) < 4.78 is 0. The van der Waals surface area contributed by atoms with E-state index in [-0.39, 0.29) is 0 Å². The van der Waals surface area contributed by atoms with Crippen molar-refractivity contribution in [3.63, 3.8) is 0 Å². The quantitative estimate of drug-likeness (QED) is 0.538. The fourth-order valence-corrected chi connectivity index (χ4v) is 2.27. The van der Waals surface area contributed by atoms with E-state index in [0.29, 0.717) is 5.41 Å². The summed E-state index contributed by atoms with van der Waals surface area (Å²) in [7, 11) is 0. The first-order chi connectivity index (χ1) is 5.06. The average molecular weight is 154 g/mol. The Bertz CT molecular complexity index is 124. The van der Waals surface area contributed by atoms with Crippen molar-refractivity contribution in [3.8, 4) is 0 Å². The molecule has 1 aliphatic carbocycles. The number of rotatable bonds is 1. The third kappa shape index (κ3) is 1.98. The van der Waals surface area contributed by atoms with Gasteiger partial charge in [0.2, 0.25) is 0 Å². The highest BCUT2D eigenvalue weighted by Crippen LogP contribution is 2.43. The van der Waals surface area contributed by atoms with Gasteiger partial charge in [0.25, 0.3) is 0 Å². The second-order valence-corrected chi connectivity index (χ2v) is 4.95. The van der Waals surface area contributed by atoms with Gasteiger partial charge in [0.05, 0.1) is 0 Å². The second-order valence-electron chi connectivity index (χ2n) is 4.95. The SMILES string of the molecule is CCC1CCC(C)C(C)(C)C1. The molecular formula is C11H22. The molecule has 0 aliphatic heterocycles. The molecule has 0 saturated heterocycles. The zero-order valence-corrected chi connectivity index (χ0v) is 8.48. The molecule has 1 rings (SSSR count). The smallest absolute Gasteiger partial charge is 0.0326 e. The van der Waals surface area contributed by atoms with Gasteiger partial charge in [0, 0.05) is 0 Å². The van der Waals surface area contributed by atoms with Gasteiger partial charge in [-0.15, -0.1) is 0 Å². The lowest BCUT2D eigenvalue weighted by Crippen LogP contribution is -2.30. The highest BCUT2D eigenvalue weighted by molar-refractivity contribution is 4.83. The molecule has 0 heteroatoms. The Kier molecular flexibility index (Phi) is 2.61. The fourth-order valence-electron chi connectivity index (χ4n) is 2.27. The van der Waals surface area contributed by atoms with Crippen LogP contribution in [0.4, 0.5) is 0 Å². The van der Waals surface area contributed by atoms with Crippen LogP contribution in [0.5, 0.6) is 0 Å². The Hall–Kier alpha value is 0. The molecule has 0 amide bonds. The molecule has 2 atom stereocenters. The summed E-state index contributed by atoms with van der Waals surface area (Å²) >= 11 is 0. The maximum absolute atomic E-state index is 2.43. The first-order valence-corrected chi connectivity index (χ1v) is 5.06. The normalized spacial score (nSPS) is 37.1. The number of hydrogen-bond donors (Lipinski definition) is 0. The molecule has 0 spiro atoms. The Morgan fingerprint density at radius 3 is 2.36 bits per heavy atom. The van der Waals surface area contributed by atoms with Gasteiger partial charge in [-0.2, -0.15) is 0 Å². The molecule has 0 aromatic heterocycles. The topological polar surface area (TPSA) is 0 Å². The fraction of sp³-hybridized carbons (Fsp3) is 1.00. The van der Waals surface area contributed by atoms with Crippen molar-refractivity contribution in [1.82, 2.24) is 0 Å².